The minimum atomic E-state index is -3.36. The molecule has 3 aromatic rings. The summed E-state index contributed by atoms with van der Waals surface area (Å²) in [7, 11) is -0.245. The van der Waals surface area contributed by atoms with Crippen molar-refractivity contribution < 1.29 is 17.9 Å². The van der Waals surface area contributed by atoms with Crippen molar-refractivity contribution in [3.63, 3.8) is 0 Å². The van der Waals surface area contributed by atoms with Crippen LogP contribution in [0, 0.1) is 0 Å². The summed E-state index contributed by atoms with van der Waals surface area (Å²) in [4.78, 5) is 9.25. The van der Waals surface area contributed by atoms with Crippen molar-refractivity contribution in [2.75, 3.05) is 25.5 Å². The highest BCUT2D eigenvalue weighted by molar-refractivity contribution is 7.91. The van der Waals surface area contributed by atoms with E-state index < -0.39 is 15.2 Å². The van der Waals surface area contributed by atoms with Gasteiger partial charge in [0.25, 0.3) is 0 Å². The lowest BCUT2D eigenvalue weighted by atomic mass is 10.1. The third-order valence-corrected chi connectivity index (χ3v) is 6.53. The van der Waals surface area contributed by atoms with Gasteiger partial charge in [0, 0.05) is 41.3 Å². The molecule has 28 heavy (non-hydrogen) atoms. The summed E-state index contributed by atoms with van der Waals surface area (Å²) in [5, 5.41) is 9.46. The Bertz CT molecular complexity index is 1160. The van der Waals surface area contributed by atoms with Crippen LogP contribution in [0.1, 0.15) is 6.42 Å². The zero-order chi connectivity index (χ0) is 19.9. The summed E-state index contributed by atoms with van der Waals surface area (Å²) in [6.07, 6.45) is 3.05. The molecule has 0 fully saturated rings. The lowest BCUT2D eigenvalue weighted by Crippen LogP contribution is -2.34. The molecule has 1 atom stereocenters. The van der Waals surface area contributed by atoms with Gasteiger partial charge in [-0.2, -0.15) is 16.4 Å². The average molecular weight is 419 g/mol. The third kappa shape index (κ3) is 3.18. The van der Waals surface area contributed by atoms with Crippen LogP contribution in [0.3, 0.4) is 0 Å². The number of ether oxygens (including phenoxy) is 2. The Morgan fingerprint density at radius 3 is 2.57 bits per heavy atom. The zero-order valence-electron chi connectivity index (χ0n) is 15.5. The van der Waals surface area contributed by atoms with E-state index in [4.69, 9.17) is 9.47 Å². The van der Waals surface area contributed by atoms with Crippen LogP contribution in [0.5, 0.6) is 11.5 Å². The molecular weight excluding hydrogens is 400 g/mol. The fourth-order valence-corrected chi connectivity index (χ4v) is 4.69. The molecule has 1 aliphatic rings. The van der Waals surface area contributed by atoms with Crippen molar-refractivity contribution in [3.8, 4) is 22.8 Å². The molecule has 1 aromatic carbocycles. The smallest absolute Gasteiger partial charge is 0.248 e. The van der Waals surface area contributed by atoms with E-state index in [2.05, 4.69) is 15.1 Å². The van der Waals surface area contributed by atoms with Crippen LogP contribution in [0.4, 0.5) is 5.95 Å². The minimum absolute atomic E-state index is 0.227. The topological polar surface area (TPSA) is 94.0 Å². The first-order chi connectivity index (χ1) is 13.4. The molecule has 0 N–H and O–H groups in total. The number of aromatic nitrogens is 2. The number of hydrogen-bond acceptors (Lipinski definition) is 9. The average Bonchev–Trinajstić information content (AvgIpc) is 3.37. The van der Waals surface area contributed by atoms with Crippen molar-refractivity contribution in [2.24, 2.45) is 5.10 Å². The number of benzene rings is 1. The lowest BCUT2D eigenvalue weighted by molar-refractivity contribution is 0.356. The van der Waals surface area contributed by atoms with Crippen molar-refractivity contribution in [2.45, 2.75) is 11.8 Å². The molecule has 0 spiro atoms. The first-order valence-electron chi connectivity index (χ1n) is 8.39. The summed E-state index contributed by atoms with van der Waals surface area (Å²) < 4.78 is 35.1. The Balaban J connectivity index is 1.97. The van der Waals surface area contributed by atoms with E-state index in [1.165, 1.54) is 11.3 Å². The maximum Gasteiger partial charge on any atom is 0.248 e. The number of rotatable bonds is 5. The molecule has 4 rings (SSSR count). The van der Waals surface area contributed by atoms with Gasteiger partial charge in [-0.05, 0) is 17.5 Å². The van der Waals surface area contributed by atoms with E-state index in [0.29, 0.717) is 29.1 Å². The van der Waals surface area contributed by atoms with Crippen LogP contribution in [-0.2, 0) is 9.84 Å². The number of hydrazone groups is 1. The first-order valence-corrected chi connectivity index (χ1v) is 11.3. The van der Waals surface area contributed by atoms with E-state index >= 15 is 0 Å². The fraction of sp³-hybridized carbons (Fsp3) is 0.278. The van der Waals surface area contributed by atoms with Gasteiger partial charge in [-0.25, -0.2) is 23.4 Å². The molecule has 1 aliphatic heterocycles. The number of anilines is 1. The molecule has 0 amide bonds. The van der Waals surface area contributed by atoms with Gasteiger partial charge in [0.05, 0.1) is 25.4 Å². The van der Waals surface area contributed by atoms with Gasteiger partial charge in [-0.15, -0.1) is 0 Å². The summed E-state index contributed by atoms with van der Waals surface area (Å²) in [6, 6.07) is 5.53. The van der Waals surface area contributed by atoms with Crippen LogP contribution >= 0.6 is 11.3 Å². The standard InChI is InChI=1S/C18H18N4O4S2/c1-25-14-8-12-13(9-15(14)26-2)20-18(21-17(12)11-5-7-27-10-11)22-16(4-6-19-22)28(3,23)24/h5-10,16H,4H2,1-3H3. The van der Waals surface area contributed by atoms with E-state index in [9.17, 15) is 8.42 Å². The van der Waals surface area contributed by atoms with Crippen molar-refractivity contribution in [1.29, 1.82) is 0 Å². The van der Waals surface area contributed by atoms with Crippen LogP contribution in [0.25, 0.3) is 22.2 Å². The molecule has 8 nitrogen and oxygen atoms in total. The Labute approximate surface area is 166 Å². The molecule has 10 heteroatoms. The number of nitrogens with zero attached hydrogens (tertiary/aromatic N) is 4. The Kier molecular flexibility index (Phi) is 4.68. The molecule has 0 saturated carbocycles. The van der Waals surface area contributed by atoms with Crippen LogP contribution in [0.2, 0.25) is 0 Å². The van der Waals surface area contributed by atoms with Gasteiger partial charge in [-0.3, -0.25) is 0 Å². The van der Waals surface area contributed by atoms with Crippen LogP contribution in [0.15, 0.2) is 34.1 Å². The highest BCUT2D eigenvalue weighted by atomic mass is 32.2. The van der Waals surface area contributed by atoms with Gasteiger partial charge >= 0.3 is 0 Å². The van der Waals surface area contributed by atoms with E-state index in [0.717, 1.165) is 10.9 Å². The van der Waals surface area contributed by atoms with E-state index in [-0.39, 0.29) is 5.95 Å². The fourth-order valence-electron chi connectivity index (χ4n) is 3.10. The van der Waals surface area contributed by atoms with Gasteiger partial charge < -0.3 is 9.47 Å². The molecule has 0 saturated heterocycles. The van der Waals surface area contributed by atoms with Crippen molar-refractivity contribution in [1.82, 2.24) is 9.97 Å². The predicted octanol–water partition coefficient (Wildman–Crippen LogP) is 2.94. The Morgan fingerprint density at radius 2 is 1.93 bits per heavy atom. The number of thiophene rings is 1. The van der Waals surface area contributed by atoms with Crippen LogP contribution in [-0.4, -0.2) is 50.4 Å². The SMILES string of the molecule is COc1cc2nc(N3N=CCC3S(C)(=O)=O)nc(-c3ccsc3)c2cc1OC. The summed E-state index contributed by atoms with van der Waals surface area (Å²) in [5.74, 6) is 1.32. The third-order valence-electron chi connectivity index (χ3n) is 4.47. The quantitative estimate of drug-likeness (QED) is 0.629. The molecule has 1 unspecified atom stereocenters. The second-order valence-corrected chi connectivity index (χ2v) is 9.25. The predicted molar refractivity (Wildman–Crippen MR) is 110 cm³/mol. The maximum atomic E-state index is 12.2. The van der Waals surface area contributed by atoms with Gasteiger partial charge in [0.15, 0.2) is 26.7 Å². The second kappa shape index (κ2) is 7.02. The minimum Gasteiger partial charge on any atom is -0.493 e. The zero-order valence-corrected chi connectivity index (χ0v) is 17.1. The molecule has 0 radical (unpaired) electrons. The molecule has 3 heterocycles. The van der Waals surface area contributed by atoms with Crippen molar-refractivity contribution in [3.05, 3.63) is 29.0 Å². The maximum absolute atomic E-state index is 12.2. The number of sulfone groups is 1. The molecule has 2 aromatic heterocycles. The van der Waals surface area contributed by atoms with Gasteiger partial charge in [0.1, 0.15) is 0 Å². The summed E-state index contributed by atoms with van der Waals surface area (Å²) in [6.45, 7) is 0. The first kappa shape index (κ1) is 18.6. The second-order valence-electron chi connectivity index (χ2n) is 6.27. The molecule has 0 bridgehead atoms. The van der Waals surface area contributed by atoms with E-state index in [1.807, 2.05) is 22.9 Å². The molecule has 0 aliphatic carbocycles. The van der Waals surface area contributed by atoms with Gasteiger partial charge in [0.2, 0.25) is 5.95 Å². The largest absolute Gasteiger partial charge is 0.493 e. The monoisotopic (exact) mass is 418 g/mol. The normalized spacial score (nSPS) is 16.7. The summed E-state index contributed by atoms with van der Waals surface area (Å²) in [5.41, 5.74) is 2.19. The Hall–Kier alpha value is -2.72. The highest BCUT2D eigenvalue weighted by Crippen LogP contribution is 2.37. The number of fused-ring (bicyclic) bond motifs is 1. The highest BCUT2D eigenvalue weighted by Gasteiger charge is 2.33. The van der Waals surface area contributed by atoms with Gasteiger partial charge in [-0.1, -0.05) is 0 Å². The van der Waals surface area contributed by atoms with Crippen LogP contribution < -0.4 is 14.5 Å². The lowest BCUT2D eigenvalue weighted by Gasteiger charge is -2.21. The molecule has 146 valence electrons. The summed E-state index contributed by atoms with van der Waals surface area (Å²) >= 11 is 1.55. The molecular formula is C18H18N4O4S2. The Morgan fingerprint density at radius 1 is 1.18 bits per heavy atom. The number of methoxy groups -OCH3 is 2. The van der Waals surface area contributed by atoms with E-state index in [1.54, 1.807) is 37.8 Å². The van der Waals surface area contributed by atoms with Crippen molar-refractivity contribution >= 4 is 44.2 Å². The number of hydrogen-bond donors (Lipinski definition) is 0.